The molecule has 4 nitrogen and oxygen atoms in total. The van der Waals surface area contributed by atoms with Gasteiger partial charge in [0.05, 0.1) is 13.1 Å². The van der Waals surface area contributed by atoms with Gasteiger partial charge >= 0.3 is 0 Å². The molecule has 1 aliphatic carbocycles. The first-order chi connectivity index (χ1) is 7.16. The minimum Gasteiger partial charge on any atom is -0.342 e. The lowest BCUT2D eigenvalue weighted by Gasteiger charge is -2.27. The van der Waals surface area contributed by atoms with Gasteiger partial charge in [-0.05, 0) is 25.8 Å². The van der Waals surface area contributed by atoms with Gasteiger partial charge in [0, 0.05) is 19.5 Å². The molecule has 0 spiro atoms. The van der Waals surface area contributed by atoms with E-state index in [1.165, 1.54) is 0 Å². The van der Waals surface area contributed by atoms with Gasteiger partial charge in [0.25, 0.3) is 0 Å². The van der Waals surface area contributed by atoms with E-state index in [1.807, 2.05) is 16.8 Å². The summed E-state index contributed by atoms with van der Waals surface area (Å²) < 4.78 is 0. The summed E-state index contributed by atoms with van der Waals surface area (Å²) in [7, 11) is 1.87. The van der Waals surface area contributed by atoms with Crippen LogP contribution in [0.2, 0.25) is 0 Å². The van der Waals surface area contributed by atoms with E-state index < -0.39 is 0 Å². The van der Waals surface area contributed by atoms with E-state index >= 15 is 0 Å². The lowest BCUT2D eigenvalue weighted by Crippen LogP contribution is -2.43. The Bertz CT molecular complexity index is 274. The van der Waals surface area contributed by atoms with E-state index in [4.69, 9.17) is 0 Å². The lowest BCUT2D eigenvalue weighted by atomic mass is 10.1. The van der Waals surface area contributed by atoms with Gasteiger partial charge in [-0.1, -0.05) is 0 Å². The number of ketones is 1. The van der Waals surface area contributed by atoms with Gasteiger partial charge in [0.2, 0.25) is 5.91 Å². The third-order valence-corrected chi connectivity index (χ3v) is 3.18. The lowest BCUT2D eigenvalue weighted by molar-refractivity contribution is -0.132. The molecule has 1 saturated carbocycles. The first-order valence-corrected chi connectivity index (χ1v) is 5.66. The molecule has 0 aromatic carbocycles. The van der Waals surface area contributed by atoms with Crippen molar-refractivity contribution in [3.63, 3.8) is 0 Å². The van der Waals surface area contributed by atoms with Crippen LogP contribution in [0.15, 0.2) is 0 Å². The van der Waals surface area contributed by atoms with Crippen LogP contribution in [0.25, 0.3) is 0 Å². The molecule has 84 valence electrons. The summed E-state index contributed by atoms with van der Waals surface area (Å²) in [5.41, 5.74) is 0. The molecule has 1 saturated heterocycles. The van der Waals surface area contributed by atoms with Gasteiger partial charge in [-0.2, -0.15) is 0 Å². The molecule has 0 bridgehead atoms. The Hall–Kier alpha value is -0.900. The number of Topliss-reactive ketones (excluding diaryl/α,β-unsaturated/α-hetero) is 1. The second-order valence-electron chi connectivity index (χ2n) is 4.59. The number of hydrogen-bond acceptors (Lipinski definition) is 3. The highest BCUT2D eigenvalue weighted by molar-refractivity contribution is 5.83. The van der Waals surface area contributed by atoms with Crippen molar-refractivity contribution in [2.24, 2.45) is 0 Å². The molecule has 2 rings (SSSR count). The van der Waals surface area contributed by atoms with E-state index in [2.05, 4.69) is 0 Å². The van der Waals surface area contributed by atoms with Crippen molar-refractivity contribution in [3.8, 4) is 0 Å². The van der Waals surface area contributed by atoms with Crippen molar-refractivity contribution in [3.05, 3.63) is 0 Å². The quantitative estimate of drug-likeness (QED) is 0.671. The van der Waals surface area contributed by atoms with Gasteiger partial charge in [0.1, 0.15) is 5.78 Å². The third kappa shape index (κ3) is 2.78. The summed E-state index contributed by atoms with van der Waals surface area (Å²) in [5, 5.41) is 0. The predicted molar refractivity (Wildman–Crippen MR) is 56.5 cm³/mol. The van der Waals surface area contributed by atoms with Gasteiger partial charge in [-0.15, -0.1) is 0 Å². The molecule has 4 heteroatoms. The number of piperidine rings is 1. The molecule has 1 aliphatic heterocycles. The fraction of sp³-hybridized carbons (Fsp3) is 0.818. The zero-order valence-corrected chi connectivity index (χ0v) is 9.24. The number of likely N-dealkylation sites (tertiary alicyclic amines) is 1. The maximum atomic E-state index is 11.8. The summed E-state index contributed by atoms with van der Waals surface area (Å²) in [5.74, 6) is 0.426. The molecule has 0 unspecified atom stereocenters. The normalized spacial score (nSPS) is 22.9. The summed E-state index contributed by atoms with van der Waals surface area (Å²) in [6, 6.07) is 0.470. The standard InChI is InChI=1S/C11H18N2O2/c1-12(9-4-5-9)11(15)8-13-6-2-3-10(14)7-13/h9H,2-8H2,1H3. The van der Waals surface area contributed by atoms with Gasteiger partial charge in [0.15, 0.2) is 0 Å². The predicted octanol–water partition coefficient (Wildman–Crippen LogP) is 0.272. The number of nitrogens with zero attached hydrogens (tertiary/aromatic N) is 2. The summed E-state index contributed by atoms with van der Waals surface area (Å²) in [4.78, 5) is 26.8. The Morgan fingerprint density at radius 1 is 1.53 bits per heavy atom. The molecular weight excluding hydrogens is 192 g/mol. The number of likely N-dealkylation sites (N-methyl/N-ethyl adjacent to an activating group) is 1. The number of amides is 1. The fourth-order valence-electron chi connectivity index (χ4n) is 2.01. The smallest absolute Gasteiger partial charge is 0.236 e. The van der Waals surface area contributed by atoms with Gasteiger partial charge < -0.3 is 4.90 Å². The second kappa shape index (κ2) is 4.31. The maximum Gasteiger partial charge on any atom is 0.236 e. The van der Waals surface area contributed by atoms with Crippen LogP contribution in [0.1, 0.15) is 25.7 Å². The van der Waals surface area contributed by atoms with Crippen LogP contribution in [0.3, 0.4) is 0 Å². The number of carbonyl (C=O) groups is 2. The van der Waals surface area contributed by atoms with Crippen LogP contribution in [-0.2, 0) is 9.59 Å². The molecule has 1 amide bonds. The molecular formula is C11H18N2O2. The molecule has 0 radical (unpaired) electrons. The molecule has 2 aliphatic rings. The van der Waals surface area contributed by atoms with Crippen LogP contribution in [0.4, 0.5) is 0 Å². The number of hydrogen-bond donors (Lipinski definition) is 0. The Morgan fingerprint density at radius 3 is 2.87 bits per heavy atom. The van der Waals surface area contributed by atoms with Crippen molar-refractivity contribution in [1.82, 2.24) is 9.80 Å². The van der Waals surface area contributed by atoms with E-state index in [-0.39, 0.29) is 11.7 Å². The maximum absolute atomic E-state index is 11.8. The van der Waals surface area contributed by atoms with E-state index in [9.17, 15) is 9.59 Å². The van der Waals surface area contributed by atoms with Crippen molar-refractivity contribution >= 4 is 11.7 Å². The van der Waals surface area contributed by atoms with Crippen molar-refractivity contribution in [2.75, 3.05) is 26.7 Å². The van der Waals surface area contributed by atoms with Crippen LogP contribution in [0.5, 0.6) is 0 Å². The Morgan fingerprint density at radius 2 is 2.27 bits per heavy atom. The van der Waals surface area contributed by atoms with E-state index in [1.54, 1.807) is 0 Å². The fourth-order valence-corrected chi connectivity index (χ4v) is 2.01. The van der Waals surface area contributed by atoms with E-state index in [0.29, 0.717) is 25.6 Å². The zero-order chi connectivity index (χ0) is 10.8. The highest BCUT2D eigenvalue weighted by atomic mass is 16.2. The SMILES string of the molecule is CN(C(=O)CN1CCCC(=O)C1)C1CC1. The zero-order valence-electron chi connectivity index (χ0n) is 9.24. The molecule has 0 atom stereocenters. The van der Waals surface area contributed by atoms with Crippen molar-refractivity contribution in [1.29, 1.82) is 0 Å². The topological polar surface area (TPSA) is 40.6 Å². The largest absolute Gasteiger partial charge is 0.342 e. The molecule has 15 heavy (non-hydrogen) atoms. The minimum atomic E-state index is 0.159. The molecule has 1 heterocycles. The Balaban J connectivity index is 1.79. The monoisotopic (exact) mass is 210 g/mol. The summed E-state index contributed by atoms with van der Waals surface area (Å²) in [6.07, 6.45) is 3.87. The number of rotatable bonds is 3. The van der Waals surface area contributed by atoms with Crippen LogP contribution < -0.4 is 0 Å². The Kier molecular flexibility index (Phi) is 3.05. The highest BCUT2D eigenvalue weighted by Crippen LogP contribution is 2.25. The first-order valence-electron chi connectivity index (χ1n) is 5.66. The average molecular weight is 210 g/mol. The molecule has 0 aromatic rings. The number of carbonyl (C=O) groups excluding carboxylic acids is 2. The average Bonchev–Trinajstić information content (AvgIpc) is 2.99. The highest BCUT2D eigenvalue weighted by Gasteiger charge is 2.30. The van der Waals surface area contributed by atoms with E-state index in [0.717, 1.165) is 25.8 Å². The Labute approximate surface area is 90.2 Å². The van der Waals surface area contributed by atoms with Gasteiger partial charge in [-0.3, -0.25) is 14.5 Å². The first kappa shape index (κ1) is 10.6. The third-order valence-electron chi connectivity index (χ3n) is 3.18. The van der Waals surface area contributed by atoms with Crippen LogP contribution >= 0.6 is 0 Å². The minimum absolute atomic E-state index is 0.159. The van der Waals surface area contributed by atoms with Crippen molar-refractivity contribution < 1.29 is 9.59 Å². The van der Waals surface area contributed by atoms with Gasteiger partial charge in [-0.25, -0.2) is 0 Å². The van der Waals surface area contributed by atoms with Crippen molar-refractivity contribution in [2.45, 2.75) is 31.7 Å². The van der Waals surface area contributed by atoms with Crippen LogP contribution in [0, 0.1) is 0 Å². The second-order valence-corrected chi connectivity index (χ2v) is 4.59. The summed E-state index contributed by atoms with van der Waals surface area (Å²) >= 11 is 0. The molecule has 0 aromatic heterocycles. The van der Waals surface area contributed by atoms with Crippen LogP contribution in [-0.4, -0.2) is 54.2 Å². The summed E-state index contributed by atoms with van der Waals surface area (Å²) in [6.45, 7) is 1.76. The molecule has 2 fully saturated rings. The molecule has 0 N–H and O–H groups in total.